The van der Waals surface area contributed by atoms with Crippen LogP contribution in [0.4, 0.5) is 10.1 Å². The Kier molecular flexibility index (Phi) is 4.94. The van der Waals surface area contributed by atoms with Crippen molar-refractivity contribution >= 4 is 29.0 Å². The minimum Gasteiger partial charge on any atom is -0.375 e. The predicted molar refractivity (Wildman–Crippen MR) is 108 cm³/mol. The molecule has 146 valence electrons. The lowest BCUT2D eigenvalue weighted by Crippen LogP contribution is -2.41. The third-order valence-corrected chi connectivity index (χ3v) is 5.33. The molecular weight excluding hydrogens is 393 g/mol. The van der Waals surface area contributed by atoms with Crippen LogP contribution in [0.3, 0.4) is 0 Å². The summed E-state index contributed by atoms with van der Waals surface area (Å²) in [5, 5.41) is 11.9. The van der Waals surface area contributed by atoms with Gasteiger partial charge in [0.15, 0.2) is 11.4 Å². The van der Waals surface area contributed by atoms with E-state index >= 15 is 0 Å². The summed E-state index contributed by atoms with van der Waals surface area (Å²) in [7, 11) is 0. The van der Waals surface area contributed by atoms with Crippen LogP contribution in [0.15, 0.2) is 72.8 Å². The number of para-hydroxylation sites is 1. The van der Waals surface area contributed by atoms with Crippen LogP contribution in [-0.4, -0.2) is 16.8 Å². The lowest BCUT2D eigenvalue weighted by atomic mass is 9.88. The third kappa shape index (κ3) is 3.55. The Morgan fingerprint density at radius 1 is 1.00 bits per heavy atom. The first-order valence-corrected chi connectivity index (χ1v) is 9.43. The summed E-state index contributed by atoms with van der Waals surface area (Å²) in [6.45, 7) is 0.236. The first kappa shape index (κ1) is 19.3. The van der Waals surface area contributed by atoms with Gasteiger partial charge in [0, 0.05) is 16.1 Å². The monoisotopic (exact) mass is 409 g/mol. The number of fused-ring (bicyclic) bond motifs is 1. The molecule has 0 aromatic heterocycles. The molecule has 0 unspecified atom stereocenters. The van der Waals surface area contributed by atoms with Gasteiger partial charge in [-0.15, -0.1) is 0 Å². The van der Waals surface area contributed by atoms with Crippen LogP contribution in [-0.2, 0) is 16.9 Å². The van der Waals surface area contributed by atoms with Crippen molar-refractivity contribution in [1.29, 1.82) is 0 Å². The van der Waals surface area contributed by atoms with Crippen LogP contribution in [0, 0.1) is 5.82 Å². The highest BCUT2D eigenvalue weighted by molar-refractivity contribution is 6.30. The summed E-state index contributed by atoms with van der Waals surface area (Å²) in [5.41, 5.74) is 0.0401. The van der Waals surface area contributed by atoms with E-state index in [4.69, 9.17) is 11.6 Å². The van der Waals surface area contributed by atoms with Crippen LogP contribution in [0.1, 0.15) is 27.9 Å². The average molecular weight is 410 g/mol. The number of Topliss-reactive ketones (excluding diaryl/α,β-unsaturated/α-hetero) is 1. The molecule has 1 N–H and O–H groups in total. The number of amides is 1. The molecule has 3 aromatic rings. The Balaban J connectivity index is 1.66. The highest BCUT2D eigenvalue weighted by Crippen LogP contribution is 2.43. The second-order valence-corrected chi connectivity index (χ2v) is 7.44. The van der Waals surface area contributed by atoms with Gasteiger partial charge in [-0.2, -0.15) is 0 Å². The average Bonchev–Trinajstić information content (AvgIpc) is 2.92. The number of benzene rings is 3. The van der Waals surface area contributed by atoms with Crippen molar-refractivity contribution in [2.45, 2.75) is 18.6 Å². The van der Waals surface area contributed by atoms with E-state index in [1.807, 2.05) is 0 Å². The van der Waals surface area contributed by atoms with Gasteiger partial charge in [0.05, 0.1) is 18.7 Å². The zero-order valence-corrected chi connectivity index (χ0v) is 16.1. The highest BCUT2D eigenvalue weighted by Gasteiger charge is 2.50. The van der Waals surface area contributed by atoms with E-state index in [1.165, 1.54) is 29.2 Å². The van der Waals surface area contributed by atoms with E-state index in [0.717, 1.165) is 5.56 Å². The van der Waals surface area contributed by atoms with Crippen molar-refractivity contribution in [3.63, 3.8) is 0 Å². The molecule has 0 saturated carbocycles. The number of hydrogen-bond acceptors (Lipinski definition) is 3. The molecule has 1 atom stereocenters. The number of rotatable bonds is 5. The van der Waals surface area contributed by atoms with E-state index in [-0.39, 0.29) is 12.1 Å². The number of hydrogen-bond donors (Lipinski definition) is 1. The number of anilines is 1. The molecule has 0 saturated heterocycles. The van der Waals surface area contributed by atoms with E-state index < -0.39 is 29.5 Å². The molecule has 0 bridgehead atoms. The van der Waals surface area contributed by atoms with Gasteiger partial charge < -0.3 is 10.0 Å². The normalized spacial score (nSPS) is 18.0. The first-order valence-electron chi connectivity index (χ1n) is 9.05. The van der Waals surface area contributed by atoms with Gasteiger partial charge in [0.25, 0.3) is 5.91 Å². The zero-order valence-electron chi connectivity index (χ0n) is 15.3. The molecule has 4 rings (SSSR count). The Morgan fingerprint density at radius 3 is 2.34 bits per heavy atom. The fourth-order valence-corrected chi connectivity index (χ4v) is 3.70. The number of ketones is 1. The van der Waals surface area contributed by atoms with Crippen molar-refractivity contribution in [3.05, 3.63) is 100 Å². The molecule has 1 aliphatic rings. The summed E-state index contributed by atoms with van der Waals surface area (Å²) in [6.07, 6.45) is -0.425. The molecule has 29 heavy (non-hydrogen) atoms. The maximum Gasteiger partial charge on any atom is 0.264 e. The fraction of sp³-hybridized carbons (Fsp3) is 0.130. The van der Waals surface area contributed by atoms with Crippen LogP contribution in [0.2, 0.25) is 5.02 Å². The molecule has 1 aliphatic heterocycles. The molecule has 0 radical (unpaired) electrons. The number of carbonyl (C=O) groups excluding carboxylic acids is 2. The number of aliphatic hydroxyl groups is 1. The largest absolute Gasteiger partial charge is 0.375 e. The number of halogens is 2. The van der Waals surface area contributed by atoms with Gasteiger partial charge >= 0.3 is 0 Å². The highest BCUT2D eigenvalue weighted by atomic mass is 35.5. The SMILES string of the molecule is O=C(C[C@@]1(O)C(=O)N(Cc2ccc(Cl)cc2)c2ccccc21)c1ccc(F)cc1. The fourth-order valence-electron chi connectivity index (χ4n) is 3.58. The molecule has 0 spiro atoms. The van der Waals surface area contributed by atoms with Crippen molar-refractivity contribution in [2.75, 3.05) is 4.90 Å². The predicted octanol–water partition coefficient (Wildman–Crippen LogP) is 4.49. The molecule has 6 heteroatoms. The molecule has 0 aliphatic carbocycles. The molecule has 0 fully saturated rings. The molecule has 3 aromatic carbocycles. The minimum atomic E-state index is -1.98. The van der Waals surface area contributed by atoms with Crippen LogP contribution in [0.5, 0.6) is 0 Å². The summed E-state index contributed by atoms with van der Waals surface area (Å²) >= 11 is 5.93. The summed E-state index contributed by atoms with van der Waals surface area (Å²) in [4.78, 5) is 27.4. The van der Waals surface area contributed by atoms with Gasteiger partial charge in [-0.25, -0.2) is 4.39 Å². The minimum absolute atomic E-state index is 0.236. The van der Waals surface area contributed by atoms with Crippen LogP contribution < -0.4 is 4.90 Å². The number of nitrogens with zero attached hydrogens (tertiary/aromatic N) is 1. The maximum absolute atomic E-state index is 13.2. The van der Waals surface area contributed by atoms with Crippen molar-refractivity contribution in [3.8, 4) is 0 Å². The first-order chi connectivity index (χ1) is 13.9. The van der Waals surface area contributed by atoms with Gasteiger partial charge in [-0.3, -0.25) is 9.59 Å². The lowest BCUT2D eigenvalue weighted by molar-refractivity contribution is -0.136. The summed E-state index contributed by atoms with van der Waals surface area (Å²) in [6, 6.07) is 19.0. The Bertz CT molecular complexity index is 1080. The van der Waals surface area contributed by atoms with Gasteiger partial charge in [-0.1, -0.05) is 41.9 Å². The Hall–Kier alpha value is -3.02. The van der Waals surface area contributed by atoms with Gasteiger partial charge in [0.1, 0.15) is 5.82 Å². The summed E-state index contributed by atoms with van der Waals surface area (Å²) < 4.78 is 13.1. The smallest absolute Gasteiger partial charge is 0.264 e. The zero-order chi connectivity index (χ0) is 20.6. The van der Waals surface area contributed by atoms with Gasteiger partial charge in [-0.05, 0) is 48.0 Å². The van der Waals surface area contributed by atoms with Crippen LogP contribution >= 0.6 is 11.6 Å². The topological polar surface area (TPSA) is 57.6 Å². The van der Waals surface area contributed by atoms with Crippen molar-refractivity contribution < 1.29 is 19.1 Å². The second-order valence-electron chi connectivity index (χ2n) is 7.00. The molecule has 4 nitrogen and oxygen atoms in total. The van der Waals surface area contributed by atoms with E-state index in [2.05, 4.69) is 0 Å². The van der Waals surface area contributed by atoms with Gasteiger partial charge in [0.2, 0.25) is 0 Å². The van der Waals surface area contributed by atoms with Crippen molar-refractivity contribution in [2.24, 2.45) is 0 Å². The van der Waals surface area contributed by atoms with E-state index in [0.29, 0.717) is 16.3 Å². The third-order valence-electron chi connectivity index (χ3n) is 5.08. The molecule has 1 heterocycles. The molecular formula is C23H17ClFNO3. The van der Waals surface area contributed by atoms with Crippen LogP contribution in [0.25, 0.3) is 0 Å². The second kappa shape index (κ2) is 7.43. The quantitative estimate of drug-likeness (QED) is 0.632. The molecule has 1 amide bonds. The summed E-state index contributed by atoms with van der Waals surface area (Å²) in [5.74, 6) is -1.47. The van der Waals surface area contributed by atoms with E-state index in [9.17, 15) is 19.1 Å². The number of carbonyl (C=O) groups is 2. The Labute approximate surface area is 172 Å². The lowest BCUT2D eigenvalue weighted by Gasteiger charge is -2.23. The standard InChI is InChI=1S/C23H17ClFNO3/c24-17-9-5-15(6-10-17)14-26-20-4-2-1-3-19(20)23(29,22(26)28)13-21(27)16-7-11-18(25)12-8-16/h1-12,29H,13-14H2/t23-/m0/s1. The Morgan fingerprint density at radius 2 is 1.66 bits per heavy atom. The van der Waals surface area contributed by atoms with E-state index in [1.54, 1.807) is 48.5 Å². The van der Waals surface area contributed by atoms with Crippen molar-refractivity contribution in [1.82, 2.24) is 0 Å². The maximum atomic E-state index is 13.2.